The second-order valence-electron chi connectivity index (χ2n) is 9.25. The van der Waals surface area contributed by atoms with E-state index in [2.05, 4.69) is 24.6 Å². The van der Waals surface area contributed by atoms with Gasteiger partial charge >= 0.3 is 6.18 Å². The van der Waals surface area contributed by atoms with E-state index in [0.717, 1.165) is 31.4 Å². The van der Waals surface area contributed by atoms with Gasteiger partial charge in [-0.1, -0.05) is 0 Å². The number of halogens is 3. The smallest absolute Gasteiger partial charge is 0.384 e. The van der Waals surface area contributed by atoms with Gasteiger partial charge in [0.2, 0.25) is 5.60 Å². The van der Waals surface area contributed by atoms with E-state index >= 15 is 0 Å². The van der Waals surface area contributed by atoms with Crippen LogP contribution in [-0.4, -0.2) is 48.6 Å². The number of amides is 1. The highest BCUT2D eigenvalue weighted by Crippen LogP contribution is 2.42. The van der Waals surface area contributed by atoms with Crippen molar-refractivity contribution in [3.63, 3.8) is 0 Å². The lowest BCUT2D eigenvalue weighted by molar-refractivity contribution is -0.181. The Morgan fingerprint density at radius 1 is 1.18 bits per heavy atom. The van der Waals surface area contributed by atoms with Crippen LogP contribution in [0.3, 0.4) is 0 Å². The maximum Gasteiger partial charge on any atom is 0.418 e. The van der Waals surface area contributed by atoms with Crippen LogP contribution < -0.4 is 16.6 Å². The van der Waals surface area contributed by atoms with Crippen LogP contribution in [0.5, 0.6) is 0 Å². The van der Waals surface area contributed by atoms with E-state index < -0.39 is 51.9 Å². The van der Waals surface area contributed by atoms with Gasteiger partial charge < -0.3 is 31.0 Å². The van der Waals surface area contributed by atoms with Crippen molar-refractivity contribution in [2.75, 3.05) is 18.9 Å². The molecule has 1 fully saturated rings. The van der Waals surface area contributed by atoms with Crippen LogP contribution in [0, 0.1) is 0 Å². The van der Waals surface area contributed by atoms with E-state index in [-0.39, 0.29) is 35.7 Å². The number of alkyl halides is 3. The van der Waals surface area contributed by atoms with Gasteiger partial charge in [-0.05, 0) is 49.6 Å². The first kappa shape index (κ1) is 26.0. The number of nitrogens with one attached hydrogen (secondary N) is 2. The maximum absolute atomic E-state index is 13.7. The molecule has 5 rings (SSSR count). The number of hydrogen-bond donors (Lipinski definition) is 5. The van der Waals surface area contributed by atoms with E-state index in [1.807, 2.05) is 0 Å². The lowest BCUT2D eigenvalue weighted by atomic mass is 9.87. The average molecular weight is 551 g/mol. The Hall–Kier alpha value is -3.66. The molecule has 2 atom stereocenters. The van der Waals surface area contributed by atoms with Crippen molar-refractivity contribution in [1.82, 2.24) is 24.6 Å². The monoisotopic (exact) mass is 550 g/mol. The molecule has 1 amide bonds. The Kier molecular flexibility index (Phi) is 5.94. The number of nitrogens with zero attached hydrogens (tertiary/aromatic N) is 3. The molecule has 0 spiro atoms. The molecule has 200 valence electrons. The largest absolute Gasteiger partial charge is 0.418 e. The minimum absolute atomic E-state index is 0.0543. The van der Waals surface area contributed by atoms with E-state index in [9.17, 15) is 33.0 Å². The summed E-state index contributed by atoms with van der Waals surface area (Å²) in [6, 6.07) is 4.68. The van der Waals surface area contributed by atoms with Gasteiger partial charge in [0.1, 0.15) is 17.2 Å². The van der Waals surface area contributed by atoms with Gasteiger partial charge in [-0.15, -0.1) is 0 Å². The second kappa shape index (κ2) is 8.69. The zero-order valence-corrected chi connectivity index (χ0v) is 20.7. The first-order valence-corrected chi connectivity index (χ1v) is 12.0. The summed E-state index contributed by atoms with van der Waals surface area (Å²) in [4.78, 5) is 37.0. The Morgan fingerprint density at radius 2 is 1.92 bits per heavy atom. The van der Waals surface area contributed by atoms with Crippen molar-refractivity contribution >= 4 is 44.2 Å². The molecule has 0 aliphatic carbocycles. The summed E-state index contributed by atoms with van der Waals surface area (Å²) < 4.78 is 51.3. The molecule has 1 saturated heterocycles. The third-order valence-electron chi connectivity index (χ3n) is 6.23. The maximum atomic E-state index is 13.7. The number of morpholine rings is 1. The number of aromatic nitrogens is 4. The number of aliphatic hydroxyl groups excluding tert-OH is 1. The number of anilines is 1. The highest BCUT2D eigenvalue weighted by molar-refractivity contribution is 7.14. The van der Waals surface area contributed by atoms with Crippen LogP contribution in [0.2, 0.25) is 0 Å². The van der Waals surface area contributed by atoms with E-state index in [1.54, 1.807) is 6.07 Å². The third kappa shape index (κ3) is 3.98. The average Bonchev–Trinajstić information content (AvgIpc) is 3.23. The molecule has 6 N–H and O–H groups in total. The van der Waals surface area contributed by atoms with E-state index in [1.165, 1.54) is 6.07 Å². The Bertz CT molecular complexity index is 1650. The van der Waals surface area contributed by atoms with Crippen LogP contribution in [0.25, 0.3) is 21.0 Å². The normalized spacial score (nSPS) is 19.6. The fourth-order valence-electron chi connectivity index (χ4n) is 4.46. The summed E-state index contributed by atoms with van der Waals surface area (Å²) in [6.45, 7) is 2.13. The number of rotatable bonds is 4. The third-order valence-corrected chi connectivity index (χ3v) is 7.12. The Morgan fingerprint density at radius 3 is 2.58 bits per heavy atom. The number of fused-ring (bicyclic) bond motifs is 3. The van der Waals surface area contributed by atoms with E-state index in [4.69, 9.17) is 10.5 Å². The number of pyridine rings is 1. The molecule has 0 radical (unpaired) electrons. The lowest BCUT2D eigenvalue weighted by Gasteiger charge is -2.39. The van der Waals surface area contributed by atoms with Crippen molar-refractivity contribution in [2.45, 2.75) is 37.3 Å². The highest BCUT2D eigenvalue weighted by atomic mass is 32.1. The van der Waals surface area contributed by atoms with Gasteiger partial charge in [0.15, 0.2) is 6.10 Å². The number of aliphatic hydroxyl groups is 2. The zero-order chi connectivity index (χ0) is 27.6. The van der Waals surface area contributed by atoms with Crippen molar-refractivity contribution in [1.29, 1.82) is 0 Å². The molecule has 3 aromatic heterocycles. The predicted octanol–water partition coefficient (Wildman–Crippen LogP) is 1.83. The number of H-pyrrole nitrogens is 1. The van der Waals surface area contributed by atoms with Gasteiger partial charge in [0, 0.05) is 11.9 Å². The molecule has 4 heterocycles. The van der Waals surface area contributed by atoms with Gasteiger partial charge in [-0.2, -0.15) is 22.5 Å². The number of nitrogen functional groups attached to an aromatic ring is 1. The summed E-state index contributed by atoms with van der Waals surface area (Å²) in [5.74, 6) is -1.07. The Balaban J connectivity index is 1.72. The zero-order valence-electron chi connectivity index (χ0n) is 19.9. The number of carbonyl (C=O) groups is 1. The number of benzene rings is 1. The molecule has 1 aromatic carbocycles. The minimum atomic E-state index is -4.86. The molecule has 0 saturated carbocycles. The number of ether oxygens (including phenoxy) is 1. The number of aromatic amines is 1. The molecule has 1 aliphatic rings. The van der Waals surface area contributed by atoms with Crippen molar-refractivity contribution in [3.8, 4) is 0 Å². The van der Waals surface area contributed by atoms with Crippen LogP contribution >= 0.6 is 11.5 Å². The molecular weight excluding hydrogens is 529 g/mol. The van der Waals surface area contributed by atoms with Gasteiger partial charge in [-0.25, -0.2) is 0 Å². The SMILES string of the molecule is CC(C)(O)c1nc(C2([C@@H](O)c3nc(=O)c4c(ccc5c(N)nsc54)[nH]3)OCCNC2=O)ccc1C(F)(F)F. The first-order chi connectivity index (χ1) is 17.7. The van der Waals surface area contributed by atoms with Crippen molar-refractivity contribution in [2.24, 2.45) is 0 Å². The molecule has 1 aliphatic heterocycles. The standard InChI is InChI=1S/C23H21F3N6O5S/c1-21(2,36)15-10(23(24,25)26)4-6-12(30-15)22(20(35)28-7-8-37-22)16(33)18-29-11-5-3-9-14(38-32-17(9)27)13(11)19(34)31-18/h3-6,16,33,36H,7-8H2,1-2H3,(H2,27,32)(H,28,35)(H,29,31,34)/t16-,22?/m0/s1. The molecule has 11 nitrogen and oxygen atoms in total. The number of hydrogen-bond acceptors (Lipinski definition) is 10. The summed E-state index contributed by atoms with van der Waals surface area (Å²) in [7, 11) is 0. The van der Waals surface area contributed by atoms with E-state index in [0.29, 0.717) is 16.2 Å². The van der Waals surface area contributed by atoms with Crippen molar-refractivity contribution < 1.29 is 32.9 Å². The highest BCUT2D eigenvalue weighted by Gasteiger charge is 2.54. The summed E-state index contributed by atoms with van der Waals surface area (Å²) >= 11 is 0.992. The molecule has 4 aromatic rings. The summed E-state index contributed by atoms with van der Waals surface area (Å²) in [5.41, 5.74) is -1.56. The quantitative estimate of drug-likeness (QED) is 0.254. The second-order valence-corrected chi connectivity index (χ2v) is 10.0. The van der Waals surface area contributed by atoms with Gasteiger partial charge in [0.25, 0.3) is 11.5 Å². The summed E-state index contributed by atoms with van der Waals surface area (Å²) in [5, 5.41) is 25.2. The predicted molar refractivity (Wildman–Crippen MR) is 130 cm³/mol. The number of nitrogens with two attached hydrogens (primary N) is 1. The van der Waals surface area contributed by atoms with Gasteiger partial charge in [-0.3, -0.25) is 14.6 Å². The fraction of sp³-hybridized carbons (Fsp3) is 0.348. The summed E-state index contributed by atoms with van der Waals surface area (Å²) in [6.07, 6.45) is -6.88. The molecule has 38 heavy (non-hydrogen) atoms. The molecule has 0 bridgehead atoms. The number of carbonyl (C=O) groups excluding carboxylic acids is 1. The van der Waals surface area contributed by atoms with Gasteiger partial charge in [0.05, 0.1) is 39.2 Å². The first-order valence-electron chi connectivity index (χ1n) is 11.2. The van der Waals surface area contributed by atoms with Crippen LogP contribution in [0.4, 0.5) is 19.0 Å². The molecule has 1 unspecified atom stereocenters. The Labute approximate surface area is 215 Å². The van der Waals surface area contributed by atoms with Crippen LogP contribution in [0.1, 0.15) is 42.7 Å². The topological polar surface area (TPSA) is 176 Å². The van der Waals surface area contributed by atoms with Crippen molar-refractivity contribution in [3.05, 3.63) is 57.4 Å². The fourth-order valence-corrected chi connectivity index (χ4v) is 5.31. The van der Waals surface area contributed by atoms with Crippen LogP contribution in [-0.2, 0) is 26.9 Å². The molecule has 15 heteroatoms. The minimum Gasteiger partial charge on any atom is -0.384 e. The lowest BCUT2D eigenvalue weighted by Crippen LogP contribution is -2.56. The van der Waals surface area contributed by atoms with Crippen LogP contribution in [0.15, 0.2) is 29.1 Å². The molecular formula is C23H21F3N6O5S.